The van der Waals surface area contributed by atoms with Gasteiger partial charge in [0, 0.05) is 11.1 Å². The van der Waals surface area contributed by atoms with Gasteiger partial charge in [-0.3, -0.25) is 9.59 Å². The first-order chi connectivity index (χ1) is 14.5. The van der Waals surface area contributed by atoms with Crippen molar-refractivity contribution in [2.75, 3.05) is 11.9 Å². The Balaban J connectivity index is 2.07. The van der Waals surface area contributed by atoms with Gasteiger partial charge in [-0.05, 0) is 38.5 Å². The van der Waals surface area contributed by atoms with Crippen LogP contribution in [0.2, 0.25) is 0 Å². The molecule has 0 radical (unpaired) electrons. The minimum absolute atomic E-state index is 0.304. The van der Waals surface area contributed by atoms with Crippen LogP contribution in [0.3, 0.4) is 0 Å². The molecular weight excluding hydrogens is 400 g/mol. The second-order valence-corrected chi connectivity index (χ2v) is 8.31. The van der Waals surface area contributed by atoms with Crippen LogP contribution in [0.15, 0.2) is 22.8 Å². The lowest BCUT2D eigenvalue weighted by Crippen LogP contribution is -2.45. The predicted molar refractivity (Wildman–Crippen MR) is 113 cm³/mol. The molecule has 2 heterocycles. The number of nitrogens with zero attached hydrogens (tertiary/aromatic N) is 2. The highest BCUT2D eigenvalue weighted by molar-refractivity contribution is 5.94. The first-order valence-electron chi connectivity index (χ1n) is 9.85. The van der Waals surface area contributed by atoms with Crippen molar-refractivity contribution in [3.63, 3.8) is 0 Å². The third kappa shape index (κ3) is 5.75. The Morgan fingerprint density at radius 3 is 2.52 bits per heavy atom. The Morgan fingerprint density at radius 2 is 1.97 bits per heavy atom. The normalized spacial score (nSPS) is 12.0. The Kier molecular flexibility index (Phi) is 7.28. The molecule has 2 aromatic heterocycles. The summed E-state index contributed by atoms with van der Waals surface area (Å²) >= 11 is 0. The van der Waals surface area contributed by atoms with Gasteiger partial charge in [-0.1, -0.05) is 20.8 Å². The third-order valence-electron chi connectivity index (χ3n) is 4.82. The van der Waals surface area contributed by atoms with Gasteiger partial charge in [-0.15, -0.1) is 0 Å². The van der Waals surface area contributed by atoms with Crippen LogP contribution in [0.5, 0.6) is 0 Å². The minimum atomic E-state index is -0.901. The maximum absolute atomic E-state index is 12.4. The number of esters is 1. The number of rotatable bonds is 7. The number of nitriles is 1. The summed E-state index contributed by atoms with van der Waals surface area (Å²) in [4.78, 5) is 36.6. The molecule has 9 nitrogen and oxygen atoms in total. The Morgan fingerprint density at radius 1 is 1.29 bits per heavy atom. The second kappa shape index (κ2) is 9.51. The zero-order chi connectivity index (χ0) is 23.3. The number of carbonyl (C=O) groups is 3. The molecule has 31 heavy (non-hydrogen) atoms. The molecule has 0 aromatic carbocycles. The molecule has 2 amide bonds. The van der Waals surface area contributed by atoms with Gasteiger partial charge in [0.05, 0.1) is 18.4 Å². The highest BCUT2D eigenvalue weighted by atomic mass is 16.5. The van der Waals surface area contributed by atoms with E-state index >= 15 is 0 Å². The van der Waals surface area contributed by atoms with Crippen molar-refractivity contribution < 1.29 is 23.5 Å². The van der Waals surface area contributed by atoms with E-state index in [1.165, 1.54) is 6.92 Å². The second-order valence-electron chi connectivity index (χ2n) is 8.31. The molecule has 0 bridgehead atoms. The van der Waals surface area contributed by atoms with Crippen molar-refractivity contribution in [1.82, 2.24) is 9.88 Å². The molecule has 0 fully saturated rings. The van der Waals surface area contributed by atoms with E-state index in [0.717, 1.165) is 11.3 Å². The average Bonchev–Trinajstić information content (AvgIpc) is 3.28. The van der Waals surface area contributed by atoms with E-state index in [1.807, 2.05) is 6.92 Å². The summed E-state index contributed by atoms with van der Waals surface area (Å²) in [5, 5.41) is 14.8. The highest BCUT2D eigenvalue weighted by Gasteiger charge is 2.26. The number of amides is 2. The van der Waals surface area contributed by atoms with Crippen LogP contribution in [0.1, 0.15) is 50.3 Å². The van der Waals surface area contributed by atoms with Crippen molar-refractivity contribution in [3.05, 3.63) is 41.0 Å². The minimum Gasteiger partial charge on any atom is -0.467 e. The maximum atomic E-state index is 12.4. The highest BCUT2D eigenvalue weighted by Crippen LogP contribution is 2.27. The molecule has 2 rings (SSSR count). The number of anilines is 1. The van der Waals surface area contributed by atoms with E-state index in [1.54, 1.807) is 50.7 Å². The van der Waals surface area contributed by atoms with Crippen molar-refractivity contribution >= 4 is 23.6 Å². The molecule has 1 unspecified atom stereocenters. The van der Waals surface area contributed by atoms with E-state index in [4.69, 9.17) is 9.15 Å². The van der Waals surface area contributed by atoms with E-state index in [0.29, 0.717) is 23.7 Å². The number of carbonyl (C=O) groups excluding carboxylic acids is 3. The summed E-state index contributed by atoms with van der Waals surface area (Å²) in [5.41, 5.74) is 1.21. The SMILES string of the molecule is Cc1c(C#N)c(NC(=O)COC(=O)C(C)NC(=O)C(C)(C)C)n(Cc2ccco2)c1C. The summed E-state index contributed by atoms with van der Waals surface area (Å²) < 4.78 is 12.2. The fourth-order valence-electron chi connectivity index (χ4n) is 2.79. The summed E-state index contributed by atoms with van der Waals surface area (Å²) in [6.45, 7) is 10.1. The molecule has 0 aliphatic rings. The third-order valence-corrected chi connectivity index (χ3v) is 4.82. The van der Waals surface area contributed by atoms with Crippen molar-refractivity contribution in [3.8, 4) is 6.07 Å². The van der Waals surface area contributed by atoms with Gasteiger partial charge in [-0.25, -0.2) is 4.79 Å². The van der Waals surface area contributed by atoms with Crippen LogP contribution in [-0.2, 0) is 25.7 Å². The fraction of sp³-hybridized carbons (Fsp3) is 0.455. The van der Waals surface area contributed by atoms with E-state index < -0.39 is 29.9 Å². The average molecular weight is 428 g/mol. The molecule has 2 aromatic rings. The van der Waals surface area contributed by atoms with E-state index in [-0.39, 0.29) is 5.91 Å². The molecule has 0 aliphatic carbocycles. The standard InChI is InChI=1S/C22H28N4O5/c1-13-15(3)26(11-16-8-7-9-30-16)19(17(13)10-23)25-18(27)12-31-20(28)14(2)24-21(29)22(4,5)6/h7-9,14H,11-12H2,1-6H3,(H,24,29)(H,25,27). The number of aromatic nitrogens is 1. The zero-order valence-electron chi connectivity index (χ0n) is 18.7. The van der Waals surface area contributed by atoms with Gasteiger partial charge in [0.2, 0.25) is 5.91 Å². The van der Waals surface area contributed by atoms with E-state index in [9.17, 15) is 19.6 Å². The summed E-state index contributed by atoms with van der Waals surface area (Å²) in [7, 11) is 0. The lowest BCUT2D eigenvalue weighted by atomic mass is 9.95. The Labute approximate surface area is 181 Å². The summed E-state index contributed by atoms with van der Waals surface area (Å²) in [5.74, 6) is -0.664. The molecule has 1 atom stereocenters. The largest absolute Gasteiger partial charge is 0.467 e. The lowest BCUT2D eigenvalue weighted by molar-refractivity contribution is -0.150. The first kappa shape index (κ1) is 23.7. The number of ether oxygens (including phenoxy) is 1. The molecule has 0 aliphatic heterocycles. The van der Waals surface area contributed by atoms with Crippen LogP contribution < -0.4 is 10.6 Å². The molecule has 0 saturated heterocycles. The monoisotopic (exact) mass is 428 g/mol. The molecule has 0 saturated carbocycles. The Hall–Kier alpha value is -3.54. The number of furan rings is 1. The summed E-state index contributed by atoms with van der Waals surface area (Å²) in [6, 6.07) is 4.75. The smallest absolute Gasteiger partial charge is 0.328 e. The van der Waals surface area contributed by atoms with Gasteiger partial charge in [0.1, 0.15) is 23.7 Å². The zero-order valence-corrected chi connectivity index (χ0v) is 18.7. The summed E-state index contributed by atoms with van der Waals surface area (Å²) in [6.07, 6.45) is 1.55. The molecule has 2 N–H and O–H groups in total. The van der Waals surface area contributed by atoms with Crippen molar-refractivity contribution in [1.29, 1.82) is 5.26 Å². The van der Waals surface area contributed by atoms with Crippen LogP contribution in [0.4, 0.5) is 5.82 Å². The van der Waals surface area contributed by atoms with E-state index in [2.05, 4.69) is 16.7 Å². The van der Waals surface area contributed by atoms with Crippen LogP contribution in [0.25, 0.3) is 0 Å². The predicted octanol–water partition coefficient (Wildman–Crippen LogP) is 2.65. The molecule has 0 spiro atoms. The maximum Gasteiger partial charge on any atom is 0.328 e. The van der Waals surface area contributed by atoms with Crippen molar-refractivity contribution in [2.45, 2.75) is 54.1 Å². The Bertz CT molecular complexity index is 1010. The molecule has 166 valence electrons. The van der Waals surface area contributed by atoms with Gasteiger partial charge in [0.25, 0.3) is 5.91 Å². The van der Waals surface area contributed by atoms with Crippen LogP contribution in [0, 0.1) is 30.6 Å². The quantitative estimate of drug-likeness (QED) is 0.653. The van der Waals surface area contributed by atoms with Crippen LogP contribution >= 0.6 is 0 Å². The first-order valence-corrected chi connectivity index (χ1v) is 9.85. The number of hydrogen-bond acceptors (Lipinski definition) is 6. The van der Waals surface area contributed by atoms with Gasteiger partial charge >= 0.3 is 5.97 Å². The van der Waals surface area contributed by atoms with Crippen molar-refractivity contribution in [2.24, 2.45) is 5.41 Å². The van der Waals surface area contributed by atoms with Gasteiger partial charge < -0.3 is 24.4 Å². The molecule has 9 heteroatoms. The topological polar surface area (TPSA) is 126 Å². The van der Waals surface area contributed by atoms with Crippen LogP contribution in [-0.4, -0.2) is 35.0 Å². The number of nitrogens with one attached hydrogen (secondary N) is 2. The lowest BCUT2D eigenvalue weighted by Gasteiger charge is -2.21. The fourth-order valence-corrected chi connectivity index (χ4v) is 2.79. The molecular formula is C22H28N4O5. The van der Waals surface area contributed by atoms with Gasteiger partial charge in [0.15, 0.2) is 6.61 Å². The van der Waals surface area contributed by atoms with Gasteiger partial charge in [-0.2, -0.15) is 5.26 Å². The number of hydrogen-bond donors (Lipinski definition) is 2.